The number of nitrogens with zero attached hydrogens (tertiary/aromatic N) is 2. The minimum Gasteiger partial charge on any atom is -0.361 e. The Bertz CT molecular complexity index is 1010. The van der Waals surface area contributed by atoms with E-state index in [1.165, 1.54) is 0 Å². The van der Waals surface area contributed by atoms with Crippen LogP contribution in [0.4, 0.5) is 5.69 Å². The smallest absolute Gasteiger partial charge is 0.242 e. The van der Waals surface area contributed by atoms with Crippen LogP contribution >= 0.6 is 11.3 Å². The molecule has 0 unspecified atom stereocenters. The Morgan fingerprint density at radius 2 is 1.97 bits per heavy atom. The van der Waals surface area contributed by atoms with E-state index in [-0.39, 0.29) is 16.2 Å². The van der Waals surface area contributed by atoms with Gasteiger partial charge in [-0.3, -0.25) is 4.79 Å². The molecule has 1 N–H and O–H groups in total. The number of benzene rings is 1. The first-order valence-electron chi connectivity index (χ1n) is 10.5. The third-order valence-electron chi connectivity index (χ3n) is 5.96. The van der Waals surface area contributed by atoms with Crippen molar-refractivity contribution >= 4 is 33.0 Å². The highest BCUT2D eigenvalue weighted by Gasteiger charge is 2.37. The van der Waals surface area contributed by atoms with Crippen molar-refractivity contribution in [1.29, 1.82) is 0 Å². The fourth-order valence-corrected chi connectivity index (χ4v) is 6.13. The lowest BCUT2D eigenvalue weighted by Crippen LogP contribution is -2.40. The number of fused-ring (bicyclic) bond motifs is 1. The quantitative estimate of drug-likeness (QED) is 0.708. The SMILES string of the molecule is CC1(C)CN(CC(=O)N2CCCC2)c2ccc(S(=O)(=O)NCCc3cccs3)cc21. The predicted molar refractivity (Wildman–Crippen MR) is 121 cm³/mol. The van der Waals surface area contributed by atoms with Gasteiger partial charge in [-0.2, -0.15) is 0 Å². The minimum atomic E-state index is -3.58. The fourth-order valence-electron chi connectivity index (χ4n) is 4.37. The summed E-state index contributed by atoms with van der Waals surface area (Å²) in [7, 11) is -3.58. The number of thiophene rings is 1. The van der Waals surface area contributed by atoms with Crippen molar-refractivity contribution in [2.75, 3.05) is 37.6 Å². The van der Waals surface area contributed by atoms with Crippen LogP contribution in [0.5, 0.6) is 0 Å². The molecule has 4 rings (SSSR count). The first-order chi connectivity index (χ1) is 14.3. The van der Waals surface area contributed by atoms with Crippen LogP contribution in [0.25, 0.3) is 0 Å². The standard InChI is InChI=1S/C22H29N3O3S2/c1-22(2)16-25(15-21(26)24-11-3-4-12-24)20-8-7-18(14-19(20)22)30(27,28)23-10-9-17-6-5-13-29-17/h5-8,13-14,23H,3-4,9-12,15-16H2,1-2H3. The molecule has 0 aliphatic carbocycles. The Morgan fingerprint density at radius 3 is 2.67 bits per heavy atom. The van der Waals surface area contributed by atoms with Gasteiger partial charge in [0.05, 0.1) is 11.4 Å². The zero-order valence-corrected chi connectivity index (χ0v) is 19.2. The number of rotatable bonds is 7. The second-order valence-corrected chi connectivity index (χ2v) is 11.5. The van der Waals surface area contributed by atoms with E-state index < -0.39 is 10.0 Å². The van der Waals surface area contributed by atoms with E-state index in [0.29, 0.717) is 26.1 Å². The van der Waals surface area contributed by atoms with Gasteiger partial charge in [-0.1, -0.05) is 19.9 Å². The van der Waals surface area contributed by atoms with E-state index in [2.05, 4.69) is 23.5 Å². The summed E-state index contributed by atoms with van der Waals surface area (Å²) in [5.41, 5.74) is 1.73. The molecule has 30 heavy (non-hydrogen) atoms. The number of anilines is 1. The van der Waals surface area contributed by atoms with Crippen molar-refractivity contribution in [3.63, 3.8) is 0 Å². The summed E-state index contributed by atoms with van der Waals surface area (Å²) in [6, 6.07) is 9.27. The Balaban J connectivity index is 1.49. The molecule has 1 aromatic carbocycles. The van der Waals surface area contributed by atoms with E-state index in [4.69, 9.17) is 0 Å². The minimum absolute atomic E-state index is 0.156. The van der Waals surface area contributed by atoms with Crippen LogP contribution in [0.2, 0.25) is 0 Å². The third-order valence-corrected chi connectivity index (χ3v) is 8.36. The Kier molecular flexibility index (Phi) is 5.92. The molecule has 0 radical (unpaired) electrons. The summed E-state index contributed by atoms with van der Waals surface area (Å²) in [5, 5.41) is 1.99. The summed E-state index contributed by atoms with van der Waals surface area (Å²) in [5.74, 6) is 0.156. The van der Waals surface area contributed by atoms with E-state index in [1.54, 1.807) is 23.5 Å². The number of hydrogen-bond acceptors (Lipinski definition) is 5. The van der Waals surface area contributed by atoms with E-state index >= 15 is 0 Å². The molecule has 162 valence electrons. The van der Waals surface area contributed by atoms with Gasteiger partial charge in [-0.05, 0) is 54.5 Å². The molecule has 2 aromatic rings. The van der Waals surface area contributed by atoms with Gasteiger partial charge < -0.3 is 9.80 Å². The van der Waals surface area contributed by atoms with Gasteiger partial charge in [0, 0.05) is 42.2 Å². The number of likely N-dealkylation sites (tertiary alicyclic amines) is 1. The van der Waals surface area contributed by atoms with E-state index in [1.807, 2.05) is 28.5 Å². The number of nitrogens with one attached hydrogen (secondary N) is 1. The fraction of sp³-hybridized carbons (Fsp3) is 0.500. The summed E-state index contributed by atoms with van der Waals surface area (Å²) in [6.45, 7) is 7.33. The van der Waals surface area contributed by atoms with Crippen molar-refractivity contribution in [1.82, 2.24) is 9.62 Å². The zero-order chi connectivity index (χ0) is 21.4. The molecule has 1 saturated heterocycles. The second kappa shape index (κ2) is 8.32. The number of sulfonamides is 1. The summed E-state index contributed by atoms with van der Waals surface area (Å²) in [4.78, 5) is 18.1. The molecule has 6 nitrogen and oxygen atoms in total. The van der Waals surface area contributed by atoms with Gasteiger partial charge in [-0.25, -0.2) is 13.1 Å². The van der Waals surface area contributed by atoms with Crippen LogP contribution in [0.1, 0.15) is 37.1 Å². The predicted octanol–water partition coefficient (Wildman–Crippen LogP) is 2.99. The number of amides is 1. The Labute approximate surface area is 182 Å². The lowest BCUT2D eigenvalue weighted by Gasteiger charge is -2.24. The number of carbonyl (C=O) groups excluding carboxylic acids is 1. The average molecular weight is 448 g/mol. The molecule has 1 fully saturated rings. The molecule has 0 saturated carbocycles. The zero-order valence-electron chi connectivity index (χ0n) is 17.6. The van der Waals surface area contributed by atoms with Crippen molar-refractivity contribution in [2.45, 2.75) is 43.4 Å². The van der Waals surface area contributed by atoms with Crippen LogP contribution in [-0.4, -0.2) is 51.9 Å². The Morgan fingerprint density at radius 1 is 1.20 bits per heavy atom. The number of hydrogen-bond donors (Lipinski definition) is 1. The molecule has 1 amide bonds. The van der Waals surface area contributed by atoms with Gasteiger partial charge in [0.1, 0.15) is 0 Å². The third kappa shape index (κ3) is 4.40. The van der Waals surface area contributed by atoms with Gasteiger partial charge in [0.15, 0.2) is 0 Å². The number of carbonyl (C=O) groups is 1. The summed E-state index contributed by atoms with van der Waals surface area (Å²) in [6.07, 6.45) is 2.84. The van der Waals surface area contributed by atoms with Gasteiger partial charge >= 0.3 is 0 Å². The lowest BCUT2D eigenvalue weighted by molar-refractivity contribution is -0.128. The average Bonchev–Trinajstić information content (AvgIpc) is 3.44. The highest BCUT2D eigenvalue weighted by Crippen LogP contribution is 2.41. The van der Waals surface area contributed by atoms with Gasteiger partial charge in [-0.15, -0.1) is 11.3 Å². The van der Waals surface area contributed by atoms with Crippen LogP contribution < -0.4 is 9.62 Å². The van der Waals surface area contributed by atoms with Gasteiger partial charge in [0.2, 0.25) is 15.9 Å². The molecular formula is C22H29N3O3S2. The molecule has 8 heteroatoms. The monoisotopic (exact) mass is 447 g/mol. The van der Waals surface area contributed by atoms with E-state index in [9.17, 15) is 13.2 Å². The highest BCUT2D eigenvalue weighted by molar-refractivity contribution is 7.89. The highest BCUT2D eigenvalue weighted by atomic mass is 32.2. The normalized spacial score (nSPS) is 18.1. The van der Waals surface area contributed by atoms with Gasteiger partial charge in [0.25, 0.3) is 0 Å². The topological polar surface area (TPSA) is 69.7 Å². The maximum Gasteiger partial charge on any atom is 0.242 e. The molecular weight excluding hydrogens is 418 g/mol. The lowest BCUT2D eigenvalue weighted by atomic mass is 9.87. The van der Waals surface area contributed by atoms with Crippen molar-refractivity contribution < 1.29 is 13.2 Å². The maximum absolute atomic E-state index is 12.8. The second-order valence-electron chi connectivity index (χ2n) is 8.73. The first kappa shape index (κ1) is 21.3. The molecule has 2 aliphatic heterocycles. The van der Waals surface area contributed by atoms with Crippen LogP contribution in [0, 0.1) is 0 Å². The molecule has 3 heterocycles. The molecule has 2 aliphatic rings. The molecule has 1 aromatic heterocycles. The molecule has 0 spiro atoms. The molecule has 0 bridgehead atoms. The van der Waals surface area contributed by atoms with Crippen LogP contribution in [0.15, 0.2) is 40.6 Å². The first-order valence-corrected chi connectivity index (χ1v) is 12.8. The van der Waals surface area contributed by atoms with Crippen LogP contribution in [-0.2, 0) is 26.7 Å². The van der Waals surface area contributed by atoms with Crippen molar-refractivity contribution in [2.24, 2.45) is 0 Å². The van der Waals surface area contributed by atoms with Crippen LogP contribution in [0.3, 0.4) is 0 Å². The van der Waals surface area contributed by atoms with Crippen molar-refractivity contribution in [3.8, 4) is 0 Å². The van der Waals surface area contributed by atoms with Crippen molar-refractivity contribution in [3.05, 3.63) is 46.2 Å². The maximum atomic E-state index is 12.8. The largest absolute Gasteiger partial charge is 0.361 e. The summed E-state index contributed by atoms with van der Waals surface area (Å²) < 4.78 is 28.4. The Hall–Kier alpha value is -1.90. The summed E-state index contributed by atoms with van der Waals surface area (Å²) >= 11 is 1.63. The molecule has 0 atom stereocenters. The van der Waals surface area contributed by atoms with E-state index in [0.717, 1.165) is 42.1 Å².